The molecule has 0 fully saturated rings. The van der Waals surface area contributed by atoms with Gasteiger partial charge in [0, 0.05) is 0 Å². The highest BCUT2D eigenvalue weighted by molar-refractivity contribution is 5.87. The summed E-state index contributed by atoms with van der Waals surface area (Å²) in [6.45, 7) is 8.55. The molecule has 3 heteroatoms. The van der Waals surface area contributed by atoms with Gasteiger partial charge in [0.05, 0.1) is 12.8 Å². The fraction of sp³-hybridized carbons (Fsp3) is 0.333. The fourth-order valence-electron chi connectivity index (χ4n) is 0.569. The van der Waals surface area contributed by atoms with Gasteiger partial charge in [0.15, 0.2) is 0 Å². The summed E-state index contributed by atoms with van der Waals surface area (Å²) in [6.07, 6.45) is 1.53. The summed E-state index contributed by atoms with van der Waals surface area (Å²) in [5, 5.41) is 0. The Morgan fingerprint density at radius 2 is 2.00 bits per heavy atom. The standard InChI is InChI=1S/C9H12O3/c1-4-5-8(10)12-9(11)6-7(2)3/h4H,1-2,5-6H2,3H3. The number of hydrogen-bond acceptors (Lipinski definition) is 3. The van der Waals surface area contributed by atoms with Crippen molar-refractivity contribution in [1.82, 2.24) is 0 Å². The monoisotopic (exact) mass is 168 g/mol. The first kappa shape index (κ1) is 10.6. The molecule has 66 valence electrons. The molecule has 0 aliphatic carbocycles. The van der Waals surface area contributed by atoms with Gasteiger partial charge in [-0.05, 0) is 6.92 Å². The van der Waals surface area contributed by atoms with E-state index >= 15 is 0 Å². The minimum absolute atomic E-state index is 0.0575. The zero-order chi connectivity index (χ0) is 9.56. The minimum atomic E-state index is -0.573. The predicted octanol–water partition coefficient (Wildman–Crippen LogP) is 1.60. The molecule has 0 N–H and O–H groups in total. The molecule has 0 unspecified atom stereocenters. The van der Waals surface area contributed by atoms with E-state index in [4.69, 9.17) is 0 Å². The smallest absolute Gasteiger partial charge is 0.317 e. The van der Waals surface area contributed by atoms with Gasteiger partial charge in [-0.3, -0.25) is 9.59 Å². The summed E-state index contributed by atoms with van der Waals surface area (Å²) in [7, 11) is 0. The Morgan fingerprint density at radius 3 is 2.42 bits per heavy atom. The quantitative estimate of drug-likeness (QED) is 0.364. The molecular weight excluding hydrogens is 156 g/mol. The van der Waals surface area contributed by atoms with Crippen LogP contribution >= 0.6 is 0 Å². The summed E-state index contributed by atoms with van der Waals surface area (Å²) in [5.74, 6) is -1.13. The van der Waals surface area contributed by atoms with Crippen molar-refractivity contribution < 1.29 is 14.3 Å². The van der Waals surface area contributed by atoms with Crippen molar-refractivity contribution in [2.75, 3.05) is 0 Å². The lowest BCUT2D eigenvalue weighted by molar-refractivity contribution is -0.158. The van der Waals surface area contributed by atoms with Crippen LogP contribution in [0.2, 0.25) is 0 Å². The molecule has 0 spiro atoms. The molecule has 0 atom stereocenters. The second-order valence-electron chi connectivity index (χ2n) is 2.47. The third-order valence-corrected chi connectivity index (χ3v) is 0.985. The van der Waals surface area contributed by atoms with E-state index in [1.165, 1.54) is 6.08 Å². The maximum Gasteiger partial charge on any atom is 0.317 e. The van der Waals surface area contributed by atoms with Crippen molar-refractivity contribution in [3.8, 4) is 0 Å². The fourth-order valence-corrected chi connectivity index (χ4v) is 0.569. The van der Waals surface area contributed by atoms with Crippen molar-refractivity contribution >= 4 is 11.9 Å². The molecule has 0 aliphatic heterocycles. The Balaban J connectivity index is 3.76. The molecule has 0 aromatic rings. The second kappa shape index (κ2) is 5.29. The highest BCUT2D eigenvalue weighted by Crippen LogP contribution is 1.99. The number of carbonyl (C=O) groups is 2. The average molecular weight is 168 g/mol. The van der Waals surface area contributed by atoms with Crippen LogP contribution in [0, 0.1) is 0 Å². The van der Waals surface area contributed by atoms with Crippen LogP contribution in [0.3, 0.4) is 0 Å². The van der Waals surface area contributed by atoms with E-state index in [-0.39, 0.29) is 12.8 Å². The molecule has 0 saturated carbocycles. The molecule has 0 bridgehead atoms. The van der Waals surface area contributed by atoms with Gasteiger partial charge >= 0.3 is 11.9 Å². The minimum Gasteiger partial charge on any atom is -0.393 e. The van der Waals surface area contributed by atoms with Crippen LogP contribution in [0.25, 0.3) is 0 Å². The van der Waals surface area contributed by atoms with E-state index in [9.17, 15) is 9.59 Å². The Bertz CT molecular complexity index is 216. The molecule has 0 aromatic heterocycles. The average Bonchev–Trinajstić information content (AvgIpc) is 1.84. The van der Waals surface area contributed by atoms with Crippen LogP contribution in [-0.2, 0) is 14.3 Å². The molecule has 0 aromatic carbocycles. The SMILES string of the molecule is C=CCC(=O)OC(=O)CC(=C)C. The predicted molar refractivity (Wildman–Crippen MR) is 45.3 cm³/mol. The zero-order valence-electron chi connectivity index (χ0n) is 7.13. The van der Waals surface area contributed by atoms with Crippen molar-refractivity contribution in [3.63, 3.8) is 0 Å². The molecule has 0 amide bonds. The molecule has 0 rings (SSSR count). The van der Waals surface area contributed by atoms with Gasteiger partial charge in [0.1, 0.15) is 0 Å². The van der Waals surface area contributed by atoms with Crippen LogP contribution in [0.4, 0.5) is 0 Å². The largest absolute Gasteiger partial charge is 0.393 e. The van der Waals surface area contributed by atoms with Gasteiger partial charge in [-0.15, -0.1) is 6.58 Å². The van der Waals surface area contributed by atoms with Crippen molar-refractivity contribution in [2.45, 2.75) is 19.8 Å². The Kier molecular flexibility index (Phi) is 4.69. The molecular formula is C9H12O3. The Labute approximate surface area is 71.7 Å². The zero-order valence-corrected chi connectivity index (χ0v) is 7.13. The summed E-state index contributed by atoms with van der Waals surface area (Å²) in [5.41, 5.74) is 0.673. The van der Waals surface area contributed by atoms with E-state index in [2.05, 4.69) is 17.9 Å². The first-order chi connectivity index (χ1) is 5.56. The third-order valence-electron chi connectivity index (χ3n) is 0.985. The highest BCUT2D eigenvalue weighted by atomic mass is 16.6. The van der Waals surface area contributed by atoms with Gasteiger partial charge in [0.25, 0.3) is 0 Å². The summed E-state index contributed by atoms with van der Waals surface area (Å²) in [4.78, 5) is 21.5. The summed E-state index contributed by atoms with van der Waals surface area (Å²) >= 11 is 0. The van der Waals surface area contributed by atoms with Crippen molar-refractivity contribution in [3.05, 3.63) is 24.8 Å². The first-order valence-corrected chi connectivity index (χ1v) is 3.55. The second-order valence-corrected chi connectivity index (χ2v) is 2.47. The number of hydrogen-bond donors (Lipinski definition) is 0. The van der Waals surface area contributed by atoms with Gasteiger partial charge in [-0.1, -0.05) is 18.2 Å². The molecule has 12 heavy (non-hydrogen) atoms. The molecule has 3 nitrogen and oxygen atoms in total. The van der Waals surface area contributed by atoms with E-state index in [1.54, 1.807) is 6.92 Å². The summed E-state index contributed by atoms with van der Waals surface area (Å²) < 4.78 is 4.39. The van der Waals surface area contributed by atoms with Crippen LogP contribution in [0.1, 0.15) is 19.8 Å². The summed E-state index contributed by atoms with van der Waals surface area (Å²) in [6, 6.07) is 0. The Hall–Kier alpha value is -1.38. The lowest BCUT2D eigenvalue weighted by Crippen LogP contribution is -2.11. The first-order valence-electron chi connectivity index (χ1n) is 3.55. The topological polar surface area (TPSA) is 43.4 Å². The van der Waals surface area contributed by atoms with E-state index < -0.39 is 11.9 Å². The Morgan fingerprint density at radius 1 is 1.42 bits per heavy atom. The van der Waals surface area contributed by atoms with Crippen LogP contribution in [-0.4, -0.2) is 11.9 Å². The highest BCUT2D eigenvalue weighted by Gasteiger charge is 2.07. The molecule has 0 saturated heterocycles. The lowest BCUT2D eigenvalue weighted by Gasteiger charge is -1.99. The molecule has 0 aliphatic rings. The maximum atomic E-state index is 10.8. The van der Waals surface area contributed by atoms with Gasteiger partial charge in [-0.2, -0.15) is 0 Å². The van der Waals surface area contributed by atoms with Gasteiger partial charge in [0.2, 0.25) is 0 Å². The number of carbonyl (C=O) groups excluding carboxylic acids is 2. The van der Waals surface area contributed by atoms with Gasteiger partial charge in [-0.25, -0.2) is 0 Å². The van der Waals surface area contributed by atoms with Crippen molar-refractivity contribution in [2.24, 2.45) is 0 Å². The van der Waals surface area contributed by atoms with Gasteiger partial charge < -0.3 is 4.74 Å². The van der Waals surface area contributed by atoms with Crippen LogP contribution < -0.4 is 0 Å². The van der Waals surface area contributed by atoms with E-state index in [0.29, 0.717) is 5.57 Å². The van der Waals surface area contributed by atoms with E-state index in [1.807, 2.05) is 0 Å². The van der Waals surface area contributed by atoms with Crippen LogP contribution in [0.5, 0.6) is 0 Å². The van der Waals surface area contributed by atoms with E-state index in [0.717, 1.165) is 0 Å². The van der Waals surface area contributed by atoms with Crippen molar-refractivity contribution in [1.29, 1.82) is 0 Å². The number of ether oxygens (including phenoxy) is 1. The maximum absolute atomic E-state index is 10.8. The van der Waals surface area contributed by atoms with Crippen LogP contribution in [0.15, 0.2) is 24.8 Å². The normalized spacial score (nSPS) is 8.75. The molecule has 0 heterocycles. The molecule has 0 radical (unpaired) electrons. The number of esters is 2. The lowest BCUT2D eigenvalue weighted by atomic mass is 10.2. The number of rotatable bonds is 4. The third kappa shape index (κ3) is 5.41.